The minimum absolute atomic E-state index is 0.0819. The minimum Gasteiger partial charge on any atom is -0.306 e. The highest BCUT2D eigenvalue weighted by atomic mass is 32.1. The number of rotatable bonds is 3. The number of hydrogen-bond acceptors (Lipinski definition) is 4. The molecule has 0 amide bonds. The predicted molar refractivity (Wildman–Crippen MR) is 88.9 cm³/mol. The highest BCUT2D eigenvalue weighted by molar-refractivity contribution is 7.16. The molecule has 1 N–H and O–H groups in total. The van der Waals surface area contributed by atoms with Gasteiger partial charge in [-0.3, -0.25) is 9.48 Å². The van der Waals surface area contributed by atoms with Crippen molar-refractivity contribution in [1.29, 1.82) is 0 Å². The summed E-state index contributed by atoms with van der Waals surface area (Å²) in [6.07, 6.45) is 7.53. The third-order valence-corrected chi connectivity index (χ3v) is 5.00. The molecular formula is C16H16N4OS. The van der Waals surface area contributed by atoms with E-state index < -0.39 is 0 Å². The maximum Gasteiger partial charge on any atom is 0.259 e. The molecular weight excluding hydrogens is 296 g/mol. The molecule has 22 heavy (non-hydrogen) atoms. The van der Waals surface area contributed by atoms with Crippen LogP contribution in [-0.4, -0.2) is 19.7 Å². The van der Waals surface area contributed by atoms with Gasteiger partial charge in [0.2, 0.25) is 0 Å². The fourth-order valence-corrected chi connectivity index (χ4v) is 3.48. The van der Waals surface area contributed by atoms with E-state index in [9.17, 15) is 4.79 Å². The van der Waals surface area contributed by atoms with Crippen LogP contribution in [0.4, 0.5) is 0 Å². The van der Waals surface area contributed by atoms with Crippen LogP contribution in [0.5, 0.6) is 0 Å². The number of hydrogen-bond donors (Lipinski definition) is 1. The lowest BCUT2D eigenvalue weighted by Gasteiger charge is -2.27. The van der Waals surface area contributed by atoms with Crippen molar-refractivity contribution in [1.82, 2.24) is 19.7 Å². The van der Waals surface area contributed by atoms with E-state index in [1.807, 2.05) is 30.6 Å². The zero-order valence-corrected chi connectivity index (χ0v) is 13.1. The number of fused-ring (bicyclic) bond motifs is 1. The van der Waals surface area contributed by atoms with Crippen molar-refractivity contribution in [3.05, 3.63) is 45.6 Å². The van der Waals surface area contributed by atoms with E-state index in [4.69, 9.17) is 0 Å². The van der Waals surface area contributed by atoms with Crippen molar-refractivity contribution in [2.45, 2.75) is 32.2 Å². The first-order valence-corrected chi connectivity index (χ1v) is 8.30. The molecule has 0 atom stereocenters. The van der Waals surface area contributed by atoms with Crippen LogP contribution in [0.25, 0.3) is 21.9 Å². The van der Waals surface area contributed by atoms with E-state index in [2.05, 4.69) is 19.7 Å². The van der Waals surface area contributed by atoms with Gasteiger partial charge in [-0.25, -0.2) is 4.98 Å². The Labute approximate surface area is 131 Å². The van der Waals surface area contributed by atoms with E-state index >= 15 is 0 Å². The van der Waals surface area contributed by atoms with E-state index in [0.717, 1.165) is 16.1 Å². The molecule has 3 aromatic heterocycles. The van der Waals surface area contributed by atoms with Crippen LogP contribution in [-0.2, 0) is 0 Å². The second-order valence-corrected chi connectivity index (χ2v) is 6.56. The molecule has 1 aliphatic carbocycles. The SMILES string of the molecule is C/C(=C\c1ccnn1C1CCC1)c1nc2sccc2c(=O)[nH]1. The number of nitrogens with one attached hydrogen (secondary N) is 1. The summed E-state index contributed by atoms with van der Waals surface area (Å²) in [5.74, 6) is 0.626. The number of aromatic nitrogens is 4. The van der Waals surface area contributed by atoms with Gasteiger partial charge in [-0.1, -0.05) is 0 Å². The zero-order valence-electron chi connectivity index (χ0n) is 12.2. The van der Waals surface area contributed by atoms with Crippen molar-refractivity contribution in [2.75, 3.05) is 0 Å². The topological polar surface area (TPSA) is 63.6 Å². The normalized spacial score (nSPS) is 16.1. The summed E-state index contributed by atoms with van der Waals surface area (Å²) in [6.45, 7) is 1.97. The Balaban J connectivity index is 1.74. The molecule has 0 aromatic carbocycles. The van der Waals surface area contributed by atoms with E-state index in [1.54, 1.807) is 6.07 Å². The summed E-state index contributed by atoms with van der Waals surface area (Å²) >= 11 is 1.49. The zero-order chi connectivity index (χ0) is 15.1. The monoisotopic (exact) mass is 312 g/mol. The molecule has 0 spiro atoms. The fraction of sp³-hybridized carbons (Fsp3) is 0.312. The largest absolute Gasteiger partial charge is 0.306 e. The lowest BCUT2D eigenvalue weighted by atomic mass is 9.93. The predicted octanol–water partition coefficient (Wildman–Crippen LogP) is 3.47. The molecule has 6 heteroatoms. The Morgan fingerprint density at radius 3 is 3.09 bits per heavy atom. The van der Waals surface area contributed by atoms with Gasteiger partial charge in [0.15, 0.2) is 0 Å². The maximum atomic E-state index is 12.1. The number of aromatic amines is 1. The number of H-pyrrole nitrogens is 1. The number of thiophene rings is 1. The highest BCUT2D eigenvalue weighted by Gasteiger charge is 2.21. The van der Waals surface area contributed by atoms with Gasteiger partial charge < -0.3 is 4.98 Å². The fourth-order valence-electron chi connectivity index (χ4n) is 2.72. The van der Waals surface area contributed by atoms with Crippen LogP contribution in [0.15, 0.2) is 28.5 Å². The van der Waals surface area contributed by atoms with Gasteiger partial charge in [0, 0.05) is 6.20 Å². The van der Waals surface area contributed by atoms with Gasteiger partial charge in [0.05, 0.1) is 17.1 Å². The van der Waals surface area contributed by atoms with Crippen LogP contribution >= 0.6 is 11.3 Å². The number of allylic oxidation sites excluding steroid dienone is 1. The van der Waals surface area contributed by atoms with Gasteiger partial charge in [-0.15, -0.1) is 11.3 Å². The first-order chi connectivity index (χ1) is 10.7. The lowest BCUT2D eigenvalue weighted by Crippen LogP contribution is -2.19. The summed E-state index contributed by atoms with van der Waals surface area (Å²) in [5, 5.41) is 6.97. The van der Waals surface area contributed by atoms with E-state index in [0.29, 0.717) is 17.3 Å². The Bertz CT molecular complexity index is 914. The summed E-state index contributed by atoms with van der Waals surface area (Å²) in [7, 11) is 0. The molecule has 3 aromatic rings. The molecule has 0 bridgehead atoms. The lowest BCUT2D eigenvalue weighted by molar-refractivity contribution is 0.288. The van der Waals surface area contributed by atoms with Crippen molar-refractivity contribution < 1.29 is 0 Å². The Morgan fingerprint density at radius 2 is 2.32 bits per heavy atom. The second-order valence-electron chi connectivity index (χ2n) is 5.67. The molecule has 1 saturated carbocycles. The van der Waals surface area contributed by atoms with Crippen molar-refractivity contribution in [2.24, 2.45) is 0 Å². The molecule has 4 rings (SSSR count). The van der Waals surface area contributed by atoms with Gasteiger partial charge in [-0.2, -0.15) is 5.10 Å². The standard InChI is InChI=1S/C16H16N4OS/c1-10(9-12-5-7-17-20(12)11-3-2-4-11)14-18-15(21)13-6-8-22-16(13)19-14/h5-9,11H,2-4H2,1H3,(H,18,19,21)/b10-9+. The molecule has 3 heterocycles. The van der Waals surface area contributed by atoms with Gasteiger partial charge >= 0.3 is 0 Å². The van der Waals surface area contributed by atoms with Crippen LogP contribution in [0.3, 0.4) is 0 Å². The molecule has 1 fully saturated rings. The average Bonchev–Trinajstić information content (AvgIpc) is 3.07. The maximum absolute atomic E-state index is 12.1. The van der Waals surface area contributed by atoms with Crippen LogP contribution in [0, 0.1) is 0 Å². The Morgan fingerprint density at radius 1 is 1.45 bits per heavy atom. The summed E-state index contributed by atoms with van der Waals surface area (Å²) in [4.78, 5) is 20.3. The molecule has 0 radical (unpaired) electrons. The summed E-state index contributed by atoms with van der Waals surface area (Å²) in [6, 6.07) is 4.32. The quantitative estimate of drug-likeness (QED) is 0.805. The van der Waals surface area contributed by atoms with Crippen molar-refractivity contribution in [3.63, 3.8) is 0 Å². The van der Waals surface area contributed by atoms with Crippen LogP contribution in [0.2, 0.25) is 0 Å². The number of nitrogens with zero attached hydrogens (tertiary/aromatic N) is 3. The summed E-state index contributed by atoms with van der Waals surface area (Å²) < 4.78 is 2.08. The van der Waals surface area contributed by atoms with Gasteiger partial charge in [0.25, 0.3) is 5.56 Å². The third kappa shape index (κ3) is 2.20. The molecule has 5 nitrogen and oxygen atoms in total. The van der Waals surface area contributed by atoms with Crippen LogP contribution < -0.4 is 5.56 Å². The smallest absolute Gasteiger partial charge is 0.259 e. The van der Waals surface area contributed by atoms with Gasteiger partial charge in [-0.05, 0) is 55.3 Å². The van der Waals surface area contributed by atoms with E-state index in [-0.39, 0.29) is 5.56 Å². The first-order valence-electron chi connectivity index (χ1n) is 7.42. The third-order valence-electron chi connectivity index (χ3n) is 4.19. The van der Waals surface area contributed by atoms with E-state index in [1.165, 1.54) is 30.6 Å². The molecule has 0 unspecified atom stereocenters. The minimum atomic E-state index is -0.0819. The Hall–Kier alpha value is -2.21. The van der Waals surface area contributed by atoms with Crippen molar-refractivity contribution in [3.8, 4) is 0 Å². The first kappa shape index (κ1) is 13.5. The molecule has 1 aliphatic rings. The average molecular weight is 312 g/mol. The highest BCUT2D eigenvalue weighted by Crippen LogP contribution is 2.32. The molecule has 0 aliphatic heterocycles. The molecule has 0 saturated heterocycles. The second kappa shape index (κ2) is 5.21. The molecule has 112 valence electrons. The van der Waals surface area contributed by atoms with Gasteiger partial charge in [0.1, 0.15) is 10.7 Å². The Kier molecular flexibility index (Phi) is 3.18. The van der Waals surface area contributed by atoms with Crippen LogP contribution in [0.1, 0.15) is 43.7 Å². The van der Waals surface area contributed by atoms with Crippen molar-refractivity contribution >= 4 is 33.2 Å². The summed E-state index contributed by atoms with van der Waals surface area (Å²) in [5.41, 5.74) is 1.92.